The number of likely N-dealkylation sites (N-methyl/N-ethyl adjacent to an activating group) is 1. The molecule has 0 spiro atoms. The van der Waals surface area contributed by atoms with Crippen LogP contribution in [0.25, 0.3) is 0 Å². The predicted molar refractivity (Wildman–Crippen MR) is 176 cm³/mol. The molecule has 0 atom stereocenters. The standard InChI is InChI=1S/C37H75N/c1-6-9-11-13-15-17-19-21-23-25-27-29-31-33-35-37(8-3,38(4)5)36-34-32-30-28-26-24-22-20-18-16-14-12-10-7-2/h8H,3,6-7,9-36H2,1-2,4-5H3. The van der Waals surface area contributed by atoms with Crippen LogP contribution in [-0.4, -0.2) is 24.5 Å². The summed E-state index contributed by atoms with van der Waals surface area (Å²) in [5.41, 5.74) is 0.217. The van der Waals surface area contributed by atoms with E-state index < -0.39 is 0 Å². The minimum absolute atomic E-state index is 0.217. The summed E-state index contributed by atoms with van der Waals surface area (Å²) in [6.45, 7) is 8.89. The molecule has 0 aromatic heterocycles. The molecule has 1 heteroatoms. The monoisotopic (exact) mass is 534 g/mol. The Morgan fingerprint density at radius 2 is 0.605 bits per heavy atom. The van der Waals surface area contributed by atoms with Crippen LogP contribution in [0, 0.1) is 0 Å². The van der Waals surface area contributed by atoms with Crippen molar-refractivity contribution in [1.29, 1.82) is 0 Å². The fraction of sp³-hybridized carbons (Fsp3) is 0.946. The van der Waals surface area contributed by atoms with Crippen LogP contribution >= 0.6 is 0 Å². The lowest BCUT2D eigenvalue weighted by Gasteiger charge is -2.38. The lowest BCUT2D eigenvalue weighted by atomic mass is 9.85. The molecule has 1 nitrogen and oxygen atoms in total. The van der Waals surface area contributed by atoms with E-state index in [1.54, 1.807) is 0 Å². The van der Waals surface area contributed by atoms with Crippen LogP contribution in [0.2, 0.25) is 0 Å². The molecule has 0 heterocycles. The predicted octanol–water partition coefficient (Wildman–Crippen LogP) is 13.2. The average Bonchev–Trinajstić information content (AvgIpc) is 2.92. The lowest BCUT2D eigenvalue weighted by Crippen LogP contribution is -2.42. The maximum Gasteiger partial charge on any atom is 0.0382 e. The number of rotatable bonds is 32. The van der Waals surface area contributed by atoms with Crippen molar-refractivity contribution in [3.8, 4) is 0 Å². The Morgan fingerprint density at radius 1 is 0.395 bits per heavy atom. The first kappa shape index (κ1) is 37.7. The number of nitrogens with zero attached hydrogens (tertiary/aromatic N) is 1. The van der Waals surface area contributed by atoms with Crippen molar-refractivity contribution in [3.05, 3.63) is 12.7 Å². The molecular weight excluding hydrogens is 458 g/mol. The van der Waals surface area contributed by atoms with Gasteiger partial charge in [-0.1, -0.05) is 200 Å². The molecular formula is C37H75N. The maximum absolute atomic E-state index is 4.28. The van der Waals surface area contributed by atoms with Crippen LogP contribution in [0.15, 0.2) is 12.7 Å². The van der Waals surface area contributed by atoms with Gasteiger partial charge in [0.05, 0.1) is 0 Å². The van der Waals surface area contributed by atoms with Gasteiger partial charge in [0.1, 0.15) is 0 Å². The normalized spacial score (nSPS) is 12.0. The van der Waals surface area contributed by atoms with Crippen molar-refractivity contribution in [2.24, 2.45) is 0 Å². The highest BCUT2D eigenvalue weighted by atomic mass is 15.1. The van der Waals surface area contributed by atoms with Crippen LogP contribution in [0.1, 0.15) is 206 Å². The first-order valence-electron chi connectivity index (χ1n) is 17.9. The van der Waals surface area contributed by atoms with Crippen molar-refractivity contribution in [3.63, 3.8) is 0 Å². The largest absolute Gasteiger partial charge is 0.300 e. The van der Waals surface area contributed by atoms with E-state index >= 15 is 0 Å². The Hall–Kier alpha value is -0.300. The van der Waals surface area contributed by atoms with E-state index in [0.717, 1.165) is 0 Å². The van der Waals surface area contributed by atoms with E-state index in [1.807, 2.05) is 0 Å². The quantitative estimate of drug-likeness (QED) is 0.0613. The minimum atomic E-state index is 0.217. The summed E-state index contributed by atoms with van der Waals surface area (Å²) in [6.07, 6.45) is 45.1. The molecule has 228 valence electrons. The van der Waals surface area contributed by atoms with E-state index in [1.165, 1.54) is 193 Å². The third kappa shape index (κ3) is 23.6. The van der Waals surface area contributed by atoms with Gasteiger partial charge in [-0.15, -0.1) is 6.58 Å². The summed E-state index contributed by atoms with van der Waals surface area (Å²) in [5, 5.41) is 0. The Labute approximate surface area is 243 Å². The summed E-state index contributed by atoms with van der Waals surface area (Å²) in [5.74, 6) is 0. The van der Waals surface area contributed by atoms with E-state index in [0.29, 0.717) is 0 Å². The summed E-state index contributed by atoms with van der Waals surface area (Å²) in [6, 6.07) is 0. The third-order valence-corrected chi connectivity index (χ3v) is 9.20. The highest BCUT2D eigenvalue weighted by Crippen LogP contribution is 2.29. The van der Waals surface area contributed by atoms with Crippen molar-refractivity contribution in [2.45, 2.75) is 212 Å². The molecule has 0 bridgehead atoms. The highest BCUT2D eigenvalue weighted by molar-refractivity contribution is 5.02. The molecule has 0 aromatic rings. The van der Waals surface area contributed by atoms with Gasteiger partial charge in [-0.2, -0.15) is 0 Å². The zero-order valence-corrected chi connectivity index (χ0v) is 27.4. The molecule has 0 saturated heterocycles. The van der Waals surface area contributed by atoms with E-state index in [-0.39, 0.29) is 5.54 Å². The topological polar surface area (TPSA) is 3.24 Å². The van der Waals surface area contributed by atoms with Gasteiger partial charge in [0.25, 0.3) is 0 Å². The van der Waals surface area contributed by atoms with Crippen LogP contribution in [-0.2, 0) is 0 Å². The van der Waals surface area contributed by atoms with Crippen LogP contribution in [0.3, 0.4) is 0 Å². The molecule has 0 aliphatic rings. The minimum Gasteiger partial charge on any atom is -0.300 e. The zero-order valence-electron chi connectivity index (χ0n) is 27.4. The van der Waals surface area contributed by atoms with E-state index in [4.69, 9.17) is 0 Å². The molecule has 0 N–H and O–H groups in total. The molecule has 0 rings (SSSR count). The number of hydrogen-bond donors (Lipinski definition) is 0. The average molecular weight is 534 g/mol. The first-order chi connectivity index (χ1) is 18.6. The van der Waals surface area contributed by atoms with Crippen LogP contribution in [0.5, 0.6) is 0 Å². The van der Waals surface area contributed by atoms with Gasteiger partial charge >= 0.3 is 0 Å². The van der Waals surface area contributed by atoms with Crippen molar-refractivity contribution < 1.29 is 0 Å². The Morgan fingerprint density at radius 3 is 0.789 bits per heavy atom. The fourth-order valence-electron chi connectivity index (χ4n) is 6.21. The molecule has 0 aliphatic carbocycles. The second kappa shape index (κ2) is 29.7. The second-order valence-corrected chi connectivity index (χ2v) is 12.9. The van der Waals surface area contributed by atoms with Crippen molar-refractivity contribution in [2.75, 3.05) is 14.1 Å². The van der Waals surface area contributed by atoms with E-state index in [9.17, 15) is 0 Å². The van der Waals surface area contributed by atoms with Gasteiger partial charge in [0, 0.05) is 5.54 Å². The second-order valence-electron chi connectivity index (χ2n) is 12.9. The molecule has 0 fully saturated rings. The fourth-order valence-corrected chi connectivity index (χ4v) is 6.21. The Balaban J connectivity index is 3.68. The molecule has 38 heavy (non-hydrogen) atoms. The summed E-state index contributed by atoms with van der Waals surface area (Å²) in [4.78, 5) is 2.46. The molecule has 0 radical (unpaired) electrons. The van der Waals surface area contributed by atoms with Gasteiger partial charge in [-0.3, -0.25) is 0 Å². The molecule has 0 saturated carbocycles. The molecule has 0 unspecified atom stereocenters. The zero-order chi connectivity index (χ0) is 28.0. The first-order valence-corrected chi connectivity index (χ1v) is 17.9. The summed E-state index contributed by atoms with van der Waals surface area (Å²) < 4.78 is 0. The molecule has 0 amide bonds. The SMILES string of the molecule is C=CC(CCCCCCCCCCCCCCCC)(CCCCCCCCCCCCCCCC)N(C)C. The van der Waals surface area contributed by atoms with Gasteiger partial charge in [-0.05, 0) is 26.9 Å². The summed E-state index contributed by atoms with van der Waals surface area (Å²) >= 11 is 0. The Kier molecular flexibility index (Phi) is 29.4. The van der Waals surface area contributed by atoms with Crippen LogP contribution < -0.4 is 0 Å². The highest BCUT2D eigenvalue weighted by Gasteiger charge is 2.27. The van der Waals surface area contributed by atoms with E-state index in [2.05, 4.69) is 45.5 Å². The number of unbranched alkanes of at least 4 members (excludes halogenated alkanes) is 26. The van der Waals surface area contributed by atoms with Crippen molar-refractivity contribution >= 4 is 0 Å². The van der Waals surface area contributed by atoms with Crippen molar-refractivity contribution in [1.82, 2.24) is 4.90 Å². The molecule has 0 aromatic carbocycles. The number of hydrogen-bond acceptors (Lipinski definition) is 1. The van der Waals surface area contributed by atoms with Gasteiger partial charge < -0.3 is 4.90 Å². The van der Waals surface area contributed by atoms with Gasteiger partial charge in [-0.25, -0.2) is 0 Å². The Bertz CT molecular complexity index is 422. The van der Waals surface area contributed by atoms with Crippen LogP contribution in [0.4, 0.5) is 0 Å². The molecule has 0 aliphatic heterocycles. The lowest BCUT2D eigenvalue weighted by molar-refractivity contribution is 0.171. The maximum atomic E-state index is 4.28. The van der Waals surface area contributed by atoms with Gasteiger partial charge in [0.15, 0.2) is 0 Å². The smallest absolute Gasteiger partial charge is 0.0382 e. The van der Waals surface area contributed by atoms with Gasteiger partial charge in [0.2, 0.25) is 0 Å². The summed E-state index contributed by atoms with van der Waals surface area (Å²) in [7, 11) is 4.55. The third-order valence-electron chi connectivity index (χ3n) is 9.20.